The van der Waals surface area contributed by atoms with E-state index in [1.807, 2.05) is 50.2 Å². The first-order valence-corrected chi connectivity index (χ1v) is 10.9. The van der Waals surface area contributed by atoms with Crippen molar-refractivity contribution in [1.82, 2.24) is 14.9 Å². The number of thioether (sulfide) groups is 1. The summed E-state index contributed by atoms with van der Waals surface area (Å²) >= 11 is 2.74. The second kappa shape index (κ2) is 9.21. The van der Waals surface area contributed by atoms with E-state index in [0.717, 1.165) is 16.9 Å². The molecular formula is C21H23N3O2S2. The molecule has 0 saturated heterocycles. The van der Waals surface area contributed by atoms with Gasteiger partial charge in [0.25, 0.3) is 5.56 Å². The summed E-state index contributed by atoms with van der Waals surface area (Å²) in [6.45, 7) is 8.58. The average molecular weight is 414 g/mol. The van der Waals surface area contributed by atoms with Crippen LogP contribution >= 0.6 is 23.1 Å². The Morgan fingerprint density at radius 2 is 2.14 bits per heavy atom. The molecule has 0 bridgehead atoms. The van der Waals surface area contributed by atoms with Gasteiger partial charge < -0.3 is 5.32 Å². The van der Waals surface area contributed by atoms with E-state index in [2.05, 4.69) is 11.9 Å². The maximum Gasteiger partial charge on any atom is 0.272 e. The summed E-state index contributed by atoms with van der Waals surface area (Å²) in [7, 11) is 0. The van der Waals surface area contributed by atoms with Gasteiger partial charge in [-0.3, -0.25) is 14.2 Å². The maximum absolute atomic E-state index is 13.1. The van der Waals surface area contributed by atoms with Crippen molar-refractivity contribution in [3.63, 3.8) is 0 Å². The number of fused-ring (bicyclic) bond motifs is 1. The fourth-order valence-electron chi connectivity index (χ4n) is 2.72. The van der Waals surface area contributed by atoms with Crippen LogP contribution < -0.4 is 10.9 Å². The monoisotopic (exact) mass is 413 g/mol. The van der Waals surface area contributed by atoms with E-state index in [9.17, 15) is 9.59 Å². The Balaban J connectivity index is 2.01. The Kier molecular flexibility index (Phi) is 6.70. The first-order valence-electron chi connectivity index (χ1n) is 9.20. The number of benzene rings is 1. The van der Waals surface area contributed by atoms with Crippen LogP contribution in [0.1, 0.15) is 20.3 Å². The van der Waals surface area contributed by atoms with Crippen molar-refractivity contribution in [3.8, 4) is 10.4 Å². The number of rotatable bonds is 8. The molecule has 2 aromatic heterocycles. The second-order valence-electron chi connectivity index (χ2n) is 6.34. The number of aromatic nitrogens is 2. The van der Waals surface area contributed by atoms with Crippen molar-refractivity contribution in [3.05, 3.63) is 59.4 Å². The SMILES string of the molecule is C=CCn1c(SC(C)C(=O)NCCC)nc2cc(-c3ccccc3)sc2c1=O. The van der Waals surface area contributed by atoms with Crippen LogP contribution in [0.5, 0.6) is 0 Å². The third-order valence-electron chi connectivity index (χ3n) is 4.17. The molecular weight excluding hydrogens is 390 g/mol. The molecule has 146 valence electrons. The lowest BCUT2D eigenvalue weighted by atomic mass is 10.2. The summed E-state index contributed by atoms with van der Waals surface area (Å²) in [6, 6.07) is 11.9. The van der Waals surface area contributed by atoms with Crippen LogP contribution in [-0.2, 0) is 11.3 Å². The summed E-state index contributed by atoms with van der Waals surface area (Å²) in [5, 5.41) is 3.08. The van der Waals surface area contributed by atoms with Gasteiger partial charge in [-0.25, -0.2) is 4.98 Å². The number of amides is 1. The van der Waals surface area contributed by atoms with Gasteiger partial charge in [0, 0.05) is 18.0 Å². The Labute approximate surface area is 172 Å². The fraction of sp³-hybridized carbons (Fsp3) is 0.286. The van der Waals surface area contributed by atoms with E-state index in [1.165, 1.54) is 23.1 Å². The number of carbonyl (C=O) groups excluding carboxylic acids is 1. The number of allylic oxidation sites excluding steroid dienone is 1. The molecule has 2 heterocycles. The van der Waals surface area contributed by atoms with Crippen molar-refractivity contribution in [2.75, 3.05) is 6.54 Å². The smallest absolute Gasteiger partial charge is 0.272 e. The van der Waals surface area contributed by atoms with Crippen molar-refractivity contribution < 1.29 is 4.79 Å². The van der Waals surface area contributed by atoms with Gasteiger partial charge in [0.1, 0.15) is 4.70 Å². The zero-order valence-corrected chi connectivity index (χ0v) is 17.6. The maximum atomic E-state index is 13.1. The summed E-state index contributed by atoms with van der Waals surface area (Å²) < 4.78 is 2.21. The zero-order chi connectivity index (χ0) is 20.1. The van der Waals surface area contributed by atoms with Crippen molar-refractivity contribution in [2.45, 2.75) is 37.2 Å². The van der Waals surface area contributed by atoms with Gasteiger partial charge in [0.15, 0.2) is 5.16 Å². The number of nitrogens with zero attached hydrogens (tertiary/aromatic N) is 2. The molecule has 0 spiro atoms. The fourth-order valence-corrected chi connectivity index (χ4v) is 4.71. The highest BCUT2D eigenvalue weighted by Crippen LogP contribution is 2.32. The quantitative estimate of drug-likeness (QED) is 0.339. The Morgan fingerprint density at radius 1 is 1.39 bits per heavy atom. The van der Waals surface area contributed by atoms with Crippen LogP contribution in [0.4, 0.5) is 0 Å². The molecule has 3 aromatic rings. The van der Waals surface area contributed by atoms with Gasteiger partial charge in [0.2, 0.25) is 5.91 Å². The predicted molar refractivity (Wildman–Crippen MR) is 118 cm³/mol. The van der Waals surface area contributed by atoms with Gasteiger partial charge >= 0.3 is 0 Å². The lowest BCUT2D eigenvalue weighted by molar-refractivity contribution is -0.120. The summed E-state index contributed by atoms with van der Waals surface area (Å²) in [6.07, 6.45) is 2.55. The van der Waals surface area contributed by atoms with E-state index in [1.54, 1.807) is 10.6 Å². The molecule has 0 fully saturated rings. The lowest BCUT2D eigenvalue weighted by Crippen LogP contribution is -2.32. The molecule has 3 rings (SSSR count). The molecule has 1 atom stereocenters. The van der Waals surface area contributed by atoms with Gasteiger partial charge in [-0.2, -0.15) is 0 Å². The normalized spacial score (nSPS) is 12.1. The molecule has 5 nitrogen and oxygen atoms in total. The number of hydrogen-bond donors (Lipinski definition) is 1. The van der Waals surface area contributed by atoms with E-state index < -0.39 is 0 Å². The second-order valence-corrected chi connectivity index (χ2v) is 8.70. The van der Waals surface area contributed by atoms with Crippen LogP contribution in [0, 0.1) is 0 Å². The average Bonchev–Trinajstić information content (AvgIpc) is 3.14. The molecule has 0 aliphatic rings. The molecule has 0 radical (unpaired) electrons. The standard InChI is InChI=1S/C21H23N3O2S2/c1-4-11-22-19(25)14(3)27-21-23-16-13-17(15-9-7-6-8-10-15)28-18(16)20(26)24(21)12-5-2/h5-10,13-14H,2,4,11-12H2,1,3H3,(H,22,25). The third kappa shape index (κ3) is 4.36. The molecule has 1 aromatic carbocycles. The van der Waals surface area contributed by atoms with Crippen molar-refractivity contribution >= 4 is 39.2 Å². The Morgan fingerprint density at radius 3 is 2.82 bits per heavy atom. The molecule has 0 aliphatic heterocycles. The number of nitrogens with one attached hydrogen (secondary N) is 1. The Hall–Kier alpha value is -2.38. The summed E-state index contributed by atoms with van der Waals surface area (Å²) in [4.78, 5) is 31.0. The zero-order valence-electron chi connectivity index (χ0n) is 16.0. The number of carbonyl (C=O) groups is 1. The van der Waals surface area contributed by atoms with Crippen molar-refractivity contribution in [1.29, 1.82) is 0 Å². The van der Waals surface area contributed by atoms with Crippen molar-refractivity contribution in [2.24, 2.45) is 0 Å². The first-order chi connectivity index (χ1) is 13.5. The Bertz CT molecular complexity index is 1040. The number of hydrogen-bond acceptors (Lipinski definition) is 5. The third-order valence-corrected chi connectivity index (χ3v) is 6.42. The molecule has 1 unspecified atom stereocenters. The summed E-state index contributed by atoms with van der Waals surface area (Å²) in [5.41, 5.74) is 1.63. The highest BCUT2D eigenvalue weighted by Gasteiger charge is 2.20. The van der Waals surface area contributed by atoms with Crippen LogP contribution in [0.2, 0.25) is 0 Å². The van der Waals surface area contributed by atoms with Gasteiger partial charge in [-0.05, 0) is 25.0 Å². The highest BCUT2D eigenvalue weighted by molar-refractivity contribution is 8.00. The molecule has 0 aliphatic carbocycles. The molecule has 1 N–H and O–H groups in total. The number of thiophene rings is 1. The molecule has 0 saturated carbocycles. The van der Waals surface area contributed by atoms with Crippen LogP contribution in [0.3, 0.4) is 0 Å². The van der Waals surface area contributed by atoms with Crippen LogP contribution in [-0.4, -0.2) is 27.3 Å². The molecule has 1 amide bonds. The topological polar surface area (TPSA) is 64.0 Å². The van der Waals surface area contributed by atoms with Crippen LogP contribution in [0.25, 0.3) is 20.7 Å². The van der Waals surface area contributed by atoms with E-state index >= 15 is 0 Å². The van der Waals surface area contributed by atoms with E-state index in [4.69, 9.17) is 4.98 Å². The molecule has 28 heavy (non-hydrogen) atoms. The lowest BCUT2D eigenvalue weighted by Gasteiger charge is -2.14. The first kappa shape index (κ1) is 20.4. The minimum atomic E-state index is -0.348. The van der Waals surface area contributed by atoms with Gasteiger partial charge in [-0.1, -0.05) is 55.1 Å². The van der Waals surface area contributed by atoms with E-state index in [0.29, 0.717) is 28.5 Å². The van der Waals surface area contributed by atoms with E-state index in [-0.39, 0.29) is 16.7 Å². The van der Waals surface area contributed by atoms with Crippen LogP contribution in [0.15, 0.2) is 59.0 Å². The predicted octanol–water partition coefficient (Wildman–Crippen LogP) is 4.32. The van der Waals surface area contributed by atoms with Gasteiger partial charge in [-0.15, -0.1) is 17.9 Å². The molecule has 7 heteroatoms. The van der Waals surface area contributed by atoms with Gasteiger partial charge in [0.05, 0.1) is 10.8 Å². The minimum Gasteiger partial charge on any atom is -0.355 e. The largest absolute Gasteiger partial charge is 0.355 e. The summed E-state index contributed by atoms with van der Waals surface area (Å²) in [5.74, 6) is -0.0540. The minimum absolute atomic E-state index is 0.0540. The highest BCUT2D eigenvalue weighted by atomic mass is 32.2.